The summed E-state index contributed by atoms with van der Waals surface area (Å²) in [6.07, 6.45) is 5.37. The fourth-order valence-electron chi connectivity index (χ4n) is 5.47. The number of likely N-dealkylation sites (tertiary alicyclic amines) is 1. The Morgan fingerprint density at radius 3 is 2.69 bits per heavy atom. The second kappa shape index (κ2) is 7.33. The van der Waals surface area contributed by atoms with Crippen LogP contribution in [0.2, 0.25) is 0 Å². The quantitative estimate of drug-likeness (QED) is 0.832. The summed E-state index contributed by atoms with van der Waals surface area (Å²) in [5, 5.41) is 5.00. The highest BCUT2D eigenvalue weighted by atomic mass is 16.5. The van der Waals surface area contributed by atoms with Gasteiger partial charge < -0.3 is 24.7 Å². The highest BCUT2D eigenvalue weighted by Crippen LogP contribution is 2.46. The van der Waals surface area contributed by atoms with E-state index in [1.54, 1.807) is 14.2 Å². The van der Waals surface area contributed by atoms with Crippen LogP contribution in [-0.4, -0.2) is 56.3 Å². The first-order chi connectivity index (χ1) is 14.1. The number of nitrogens with one attached hydrogen (secondary N) is 2. The number of amides is 1. The molecular weight excluding hydrogens is 366 g/mol. The summed E-state index contributed by atoms with van der Waals surface area (Å²) in [5.41, 5.74) is 3.83. The van der Waals surface area contributed by atoms with Gasteiger partial charge in [-0.25, -0.2) is 0 Å². The van der Waals surface area contributed by atoms with E-state index < -0.39 is 0 Å². The van der Waals surface area contributed by atoms with E-state index >= 15 is 0 Å². The monoisotopic (exact) mass is 397 g/mol. The van der Waals surface area contributed by atoms with Crippen molar-refractivity contribution >= 4 is 16.8 Å². The second-order valence-corrected chi connectivity index (χ2v) is 8.95. The lowest BCUT2D eigenvalue weighted by atomic mass is 9.68. The fourth-order valence-corrected chi connectivity index (χ4v) is 5.47. The molecule has 29 heavy (non-hydrogen) atoms. The zero-order valence-electron chi connectivity index (χ0n) is 17.4. The van der Waals surface area contributed by atoms with Crippen LogP contribution < -0.4 is 10.1 Å². The number of fused-ring (bicyclic) bond motifs is 4. The van der Waals surface area contributed by atoms with Crippen molar-refractivity contribution in [2.24, 2.45) is 5.92 Å². The molecule has 5 rings (SSSR count). The average molecular weight is 398 g/mol. The molecule has 3 heterocycles. The predicted molar refractivity (Wildman–Crippen MR) is 112 cm³/mol. The van der Waals surface area contributed by atoms with E-state index in [1.807, 2.05) is 6.07 Å². The number of ether oxygens (including phenoxy) is 2. The molecule has 1 atom stereocenters. The lowest BCUT2D eigenvalue weighted by Crippen LogP contribution is -2.54. The third-order valence-electron chi connectivity index (χ3n) is 7.42. The highest BCUT2D eigenvalue weighted by molar-refractivity contribution is 5.88. The Bertz CT molecular complexity index is 909. The van der Waals surface area contributed by atoms with Gasteiger partial charge in [-0.2, -0.15) is 0 Å². The Balaban J connectivity index is 1.49. The molecule has 6 nitrogen and oxygen atoms in total. The number of carbonyl (C=O) groups excluding carboxylic acids is 1. The predicted octanol–water partition coefficient (Wildman–Crippen LogP) is 3.13. The molecule has 156 valence electrons. The number of nitrogens with zero attached hydrogens (tertiary/aromatic N) is 1. The molecule has 1 spiro atoms. The van der Waals surface area contributed by atoms with Crippen LogP contribution in [0.15, 0.2) is 18.2 Å². The second-order valence-electron chi connectivity index (χ2n) is 8.95. The largest absolute Gasteiger partial charge is 0.497 e. The molecule has 1 aromatic carbocycles. The Hall–Kier alpha value is -2.05. The maximum Gasteiger partial charge on any atom is 0.225 e. The van der Waals surface area contributed by atoms with Gasteiger partial charge in [0.15, 0.2) is 0 Å². The van der Waals surface area contributed by atoms with Gasteiger partial charge in [-0.1, -0.05) is 6.42 Å². The van der Waals surface area contributed by atoms with Gasteiger partial charge in [0, 0.05) is 60.7 Å². The van der Waals surface area contributed by atoms with Crippen LogP contribution in [0.3, 0.4) is 0 Å². The molecule has 2 fully saturated rings. The molecule has 1 unspecified atom stereocenters. The van der Waals surface area contributed by atoms with Gasteiger partial charge in [-0.3, -0.25) is 4.79 Å². The number of aromatic amines is 1. The van der Waals surface area contributed by atoms with Crippen molar-refractivity contribution < 1.29 is 14.3 Å². The summed E-state index contributed by atoms with van der Waals surface area (Å²) >= 11 is 0. The minimum atomic E-state index is 0.0583. The molecule has 6 heteroatoms. The first kappa shape index (κ1) is 18.9. The lowest BCUT2D eigenvalue weighted by molar-refractivity contribution is -0.139. The molecule has 2 aliphatic heterocycles. The van der Waals surface area contributed by atoms with Crippen LogP contribution in [0.1, 0.15) is 49.4 Å². The van der Waals surface area contributed by atoms with E-state index in [-0.39, 0.29) is 17.4 Å². The molecular formula is C23H31N3O3. The van der Waals surface area contributed by atoms with E-state index in [0.717, 1.165) is 56.6 Å². The highest BCUT2D eigenvalue weighted by Gasteiger charge is 2.45. The normalized spacial score (nSPS) is 23.8. The molecule has 0 bridgehead atoms. The van der Waals surface area contributed by atoms with Gasteiger partial charge in [-0.05, 0) is 43.4 Å². The number of hydrogen-bond acceptors (Lipinski definition) is 4. The van der Waals surface area contributed by atoms with E-state index in [2.05, 4.69) is 27.3 Å². The Labute approximate surface area is 171 Å². The molecule has 1 aliphatic carbocycles. The molecule has 2 aromatic rings. The van der Waals surface area contributed by atoms with E-state index in [4.69, 9.17) is 9.47 Å². The summed E-state index contributed by atoms with van der Waals surface area (Å²) in [6, 6.07) is 6.48. The first-order valence-electron chi connectivity index (χ1n) is 10.9. The molecule has 1 saturated heterocycles. The van der Waals surface area contributed by atoms with Crippen molar-refractivity contribution in [1.82, 2.24) is 15.2 Å². The van der Waals surface area contributed by atoms with Crippen molar-refractivity contribution in [2.45, 2.75) is 43.6 Å². The van der Waals surface area contributed by atoms with Crippen molar-refractivity contribution in [1.29, 1.82) is 0 Å². The molecule has 1 amide bonds. The molecule has 1 aromatic heterocycles. The number of piperidine rings is 1. The molecule has 0 radical (unpaired) electrons. The Kier molecular flexibility index (Phi) is 4.79. The lowest BCUT2D eigenvalue weighted by Gasteiger charge is -2.47. The molecule has 3 aliphatic rings. The van der Waals surface area contributed by atoms with Crippen LogP contribution in [0.5, 0.6) is 5.75 Å². The third-order valence-corrected chi connectivity index (χ3v) is 7.42. The Morgan fingerprint density at radius 2 is 2.03 bits per heavy atom. The van der Waals surface area contributed by atoms with E-state index in [9.17, 15) is 4.79 Å². The number of carbonyl (C=O) groups is 1. The van der Waals surface area contributed by atoms with Crippen LogP contribution in [0.25, 0.3) is 10.9 Å². The molecule has 1 saturated carbocycles. The van der Waals surface area contributed by atoms with Gasteiger partial charge in [0.2, 0.25) is 5.91 Å². The summed E-state index contributed by atoms with van der Waals surface area (Å²) in [6.45, 7) is 3.28. The number of rotatable bonds is 4. The van der Waals surface area contributed by atoms with Gasteiger partial charge in [0.25, 0.3) is 0 Å². The Morgan fingerprint density at radius 1 is 1.24 bits per heavy atom. The first-order valence-corrected chi connectivity index (χ1v) is 10.9. The van der Waals surface area contributed by atoms with Crippen molar-refractivity contribution in [3.05, 3.63) is 29.5 Å². The topological polar surface area (TPSA) is 66.6 Å². The fraction of sp³-hybridized carbons (Fsp3) is 0.609. The van der Waals surface area contributed by atoms with Crippen LogP contribution >= 0.6 is 0 Å². The van der Waals surface area contributed by atoms with Crippen LogP contribution in [0.4, 0.5) is 0 Å². The molecule has 2 N–H and O–H groups in total. The minimum Gasteiger partial charge on any atom is -0.497 e. The summed E-state index contributed by atoms with van der Waals surface area (Å²) in [7, 11) is 3.46. The SMILES string of the molecule is COCC1NCC2(CCN(C(=O)C3CCC3)CC2)c2c1[nH]c1cc(OC)ccc21. The summed E-state index contributed by atoms with van der Waals surface area (Å²) in [5.74, 6) is 1.54. The number of benzene rings is 1. The van der Waals surface area contributed by atoms with Crippen LogP contribution in [0, 0.1) is 5.92 Å². The van der Waals surface area contributed by atoms with E-state index in [1.165, 1.54) is 23.1 Å². The van der Waals surface area contributed by atoms with Crippen molar-refractivity contribution in [3.63, 3.8) is 0 Å². The summed E-state index contributed by atoms with van der Waals surface area (Å²) < 4.78 is 10.9. The number of methoxy groups -OCH3 is 2. The maximum absolute atomic E-state index is 12.7. The van der Waals surface area contributed by atoms with Gasteiger partial charge in [0.1, 0.15) is 5.75 Å². The number of H-pyrrole nitrogens is 1. The number of hydrogen-bond donors (Lipinski definition) is 2. The van der Waals surface area contributed by atoms with E-state index in [0.29, 0.717) is 12.5 Å². The average Bonchev–Trinajstić information content (AvgIpc) is 3.09. The third kappa shape index (κ3) is 3.04. The number of aromatic nitrogens is 1. The standard InChI is InChI=1S/C23H31N3O3/c1-28-13-19-21-20(17-7-6-16(29-2)12-18(17)25-21)23(14-24-19)8-10-26(11-9-23)22(27)15-4-3-5-15/h6-7,12,15,19,24-25H,3-5,8-11,13-14H2,1-2H3. The van der Waals surface area contributed by atoms with Crippen molar-refractivity contribution in [2.75, 3.05) is 40.5 Å². The van der Waals surface area contributed by atoms with Crippen LogP contribution in [-0.2, 0) is 14.9 Å². The smallest absolute Gasteiger partial charge is 0.225 e. The van der Waals surface area contributed by atoms with Gasteiger partial charge >= 0.3 is 0 Å². The maximum atomic E-state index is 12.7. The van der Waals surface area contributed by atoms with Crippen molar-refractivity contribution in [3.8, 4) is 5.75 Å². The van der Waals surface area contributed by atoms with Gasteiger partial charge in [-0.15, -0.1) is 0 Å². The minimum absolute atomic E-state index is 0.0583. The zero-order valence-corrected chi connectivity index (χ0v) is 17.4. The zero-order chi connectivity index (χ0) is 20.0. The van der Waals surface area contributed by atoms with Gasteiger partial charge in [0.05, 0.1) is 19.8 Å². The summed E-state index contributed by atoms with van der Waals surface area (Å²) in [4.78, 5) is 18.5.